The zero-order valence-corrected chi connectivity index (χ0v) is 37.7. The van der Waals surface area contributed by atoms with Gasteiger partial charge in [-0.15, -0.1) is 0 Å². The minimum atomic E-state index is -3.35. The average molecular weight is 827 g/mol. The van der Waals surface area contributed by atoms with Gasteiger partial charge in [-0.1, -0.05) is 156 Å². The number of carbonyl (C=O) groups excluding carboxylic acids is 2. The van der Waals surface area contributed by atoms with E-state index < -0.39 is 41.8 Å². The van der Waals surface area contributed by atoms with Crippen molar-refractivity contribution in [1.82, 2.24) is 9.80 Å². The van der Waals surface area contributed by atoms with E-state index in [1.165, 1.54) is 4.90 Å². The third kappa shape index (κ3) is 20.0. The molecule has 342 valence electrons. The van der Waals surface area contributed by atoms with Gasteiger partial charge in [0, 0.05) is 13.2 Å². The molecule has 0 aliphatic carbocycles. The van der Waals surface area contributed by atoms with Crippen LogP contribution in [0.2, 0.25) is 0 Å². The molecule has 0 atom stereocenters. The van der Waals surface area contributed by atoms with E-state index in [2.05, 4.69) is 32.6 Å². The van der Waals surface area contributed by atoms with Crippen LogP contribution in [0.15, 0.2) is 0 Å². The highest BCUT2D eigenvalue weighted by molar-refractivity contribution is 5.73. The molecular weight excluding hydrogens is 737 g/mol. The van der Waals surface area contributed by atoms with Crippen LogP contribution in [0, 0.1) is 17.3 Å². The number of rotatable bonds is 35. The van der Waals surface area contributed by atoms with Gasteiger partial charge in [-0.25, -0.2) is 0 Å². The second kappa shape index (κ2) is 29.8. The predicted octanol–water partition coefficient (Wildman–Crippen LogP) is 8.95. The van der Waals surface area contributed by atoms with E-state index >= 15 is 0 Å². The number of aliphatic hydroxyl groups is 5. The Hall–Kier alpha value is -1.34. The van der Waals surface area contributed by atoms with Crippen LogP contribution in [0.5, 0.6) is 0 Å². The Bertz CT molecular complexity index is 979. The molecule has 2 aliphatic rings. The third-order valence-corrected chi connectivity index (χ3v) is 13.1. The van der Waals surface area contributed by atoms with Gasteiger partial charge in [-0.05, 0) is 89.4 Å². The first-order valence-corrected chi connectivity index (χ1v) is 24.3. The fourth-order valence-corrected chi connectivity index (χ4v) is 9.36. The molecule has 2 fully saturated rings. The summed E-state index contributed by atoms with van der Waals surface area (Å²) in [4.78, 5) is 31.8. The van der Waals surface area contributed by atoms with Gasteiger partial charge in [0.05, 0.1) is 11.8 Å². The highest BCUT2D eigenvalue weighted by atomic mass is 16.8. The maximum absolute atomic E-state index is 13.9. The number of hydrogen-bond acceptors (Lipinski definition) is 11. The summed E-state index contributed by atoms with van der Waals surface area (Å²) in [6, 6.07) is -2.04. The lowest BCUT2D eigenvalue weighted by Gasteiger charge is -2.48. The fourth-order valence-electron chi connectivity index (χ4n) is 9.36. The molecule has 2 aliphatic heterocycles. The van der Waals surface area contributed by atoms with Crippen LogP contribution in [-0.4, -0.2) is 105 Å². The highest BCUT2D eigenvalue weighted by Crippen LogP contribution is 2.43. The van der Waals surface area contributed by atoms with E-state index in [1.807, 2.05) is 0 Å². The monoisotopic (exact) mass is 827 g/mol. The topological polar surface area (TPSA) is 160 Å². The summed E-state index contributed by atoms with van der Waals surface area (Å²) >= 11 is 0. The average Bonchev–Trinajstić information content (AvgIpc) is 3.57. The van der Waals surface area contributed by atoms with Crippen LogP contribution in [0.25, 0.3) is 0 Å². The van der Waals surface area contributed by atoms with Gasteiger partial charge in [0.2, 0.25) is 0 Å². The molecule has 0 amide bonds. The van der Waals surface area contributed by atoms with Crippen LogP contribution < -0.4 is 0 Å². The zero-order valence-electron chi connectivity index (χ0n) is 37.7. The number of nitrogens with zero attached hydrogens (tertiary/aromatic N) is 2. The Morgan fingerprint density at radius 3 is 1.26 bits per heavy atom. The smallest absolute Gasteiger partial charge is 0.350 e. The van der Waals surface area contributed by atoms with Crippen molar-refractivity contribution in [2.75, 3.05) is 39.3 Å². The summed E-state index contributed by atoms with van der Waals surface area (Å²) in [5.74, 6) is -9.39. The minimum Gasteiger partial charge on any atom is -0.406 e. The molecule has 0 aromatic carbocycles. The van der Waals surface area contributed by atoms with Crippen molar-refractivity contribution in [2.24, 2.45) is 17.3 Å². The van der Waals surface area contributed by atoms with Crippen molar-refractivity contribution in [2.45, 2.75) is 232 Å². The van der Waals surface area contributed by atoms with E-state index in [-0.39, 0.29) is 25.1 Å². The second-order valence-electron chi connectivity index (χ2n) is 18.3. The maximum Gasteiger partial charge on any atom is 0.350 e. The minimum absolute atomic E-state index is 0.0178. The molecular formula is C47H90N2O9. The SMILES string of the molecule is CCCCCCCC(CCCCCCC)C(=O)OC(O)(O)C(N1CCC2(CCN(CCCCO)C2)CC1)C(O)(O)OC(=O)C(CCCCCCC)CCCCCCC. The van der Waals surface area contributed by atoms with Crippen molar-refractivity contribution >= 4 is 11.9 Å². The lowest BCUT2D eigenvalue weighted by atomic mass is 9.77. The van der Waals surface area contributed by atoms with Crippen molar-refractivity contribution in [3.63, 3.8) is 0 Å². The fraction of sp³-hybridized carbons (Fsp3) is 0.957. The third-order valence-electron chi connectivity index (χ3n) is 13.1. The molecule has 5 N–H and O–H groups in total. The summed E-state index contributed by atoms with van der Waals surface area (Å²) in [5.41, 5.74) is -0.0178. The lowest BCUT2D eigenvalue weighted by Crippen LogP contribution is -2.69. The number of ether oxygens (including phenoxy) is 2. The first-order chi connectivity index (χ1) is 27.9. The molecule has 0 aromatic heterocycles. The van der Waals surface area contributed by atoms with Gasteiger partial charge in [0.25, 0.3) is 0 Å². The van der Waals surface area contributed by atoms with Gasteiger partial charge < -0.3 is 39.9 Å². The van der Waals surface area contributed by atoms with E-state index in [0.717, 1.165) is 167 Å². The lowest BCUT2D eigenvalue weighted by molar-refractivity contribution is -0.436. The van der Waals surface area contributed by atoms with Crippen LogP contribution in [-0.2, 0) is 19.1 Å². The molecule has 0 radical (unpaired) electrons. The summed E-state index contributed by atoms with van der Waals surface area (Å²) in [6.07, 6.45) is 26.5. The van der Waals surface area contributed by atoms with Crippen molar-refractivity contribution in [3.8, 4) is 0 Å². The molecule has 1 spiro atoms. The van der Waals surface area contributed by atoms with Crippen molar-refractivity contribution < 1.29 is 44.6 Å². The number of hydrogen-bond donors (Lipinski definition) is 5. The Morgan fingerprint density at radius 1 is 0.534 bits per heavy atom. The Balaban J connectivity index is 2.33. The first-order valence-electron chi connectivity index (χ1n) is 24.3. The maximum atomic E-state index is 13.9. The molecule has 0 saturated carbocycles. The molecule has 2 rings (SSSR count). The number of carbonyl (C=O) groups is 2. The number of likely N-dealkylation sites (tertiary alicyclic amines) is 2. The Labute approximate surface area is 354 Å². The molecule has 58 heavy (non-hydrogen) atoms. The van der Waals surface area contributed by atoms with Crippen LogP contribution >= 0.6 is 0 Å². The largest absolute Gasteiger partial charge is 0.406 e. The highest BCUT2D eigenvalue weighted by Gasteiger charge is 2.59. The molecule has 0 bridgehead atoms. The first kappa shape index (κ1) is 52.8. The van der Waals surface area contributed by atoms with E-state index in [9.17, 15) is 35.1 Å². The second-order valence-corrected chi connectivity index (χ2v) is 18.3. The number of piperidine rings is 1. The summed E-state index contributed by atoms with van der Waals surface area (Å²) in [6.45, 7) is 12.1. The molecule has 11 heteroatoms. The summed E-state index contributed by atoms with van der Waals surface area (Å²) in [5, 5.41) is 56.5. The van der Waals surface area contributed by atoms with E-state index in [4.69, 9.17) is 9.47 Å². The molecule has 2 saturated heterocycles. The van der Waals surface area contributed by atoms with Gasteiger partial charge in [0.1, 0.15) is 0 Å². The standard InChI is InChI=1S/C47H90N2O9/c1-5-9-13-17-21-27-40(28-22-18-14-10-6-2)42(51)57-46(53,54)44(49-36-32-45(33-37-49)31-35-48(39-45)34-25-26-38-50)47(55,56)58-43(52)41(29-23-19-15-11-7-3)30-24-20-16-12-8-4/h40-41,44,50,53-56H,5-39H2,1-4H3. The molecule has 2 heterocycles. The molecule has 11 nitrogen and oxygen atoms in total. The van der Waals surface area contributed by atoms with E-state index in [1.54, 1.807) is 0 Å². The predicted molar refractivity (Wildman–Crippen MR) is 231 cm³/mol. The van der Waals surface area contributed by atoms with Crippen LogP contribution in [0.4, 0.5) is 0 Å². The van der Waals surface area contributed by atoms with Gasteiger partial charge in [-0.3, -0.25) is 14.5 Å². The van der Waals surface area contributed by atoms with E-state index in [0.29, 0.717) is 38.5 Å². The Kier molecular flexibility index (Phi) is 27.2. The number of unbranched alkanes of at least 4 members (excludes halogenated alkanes) is 17. The number of aliphatic hydroxyl groups excluding tert-OH is 1. The Morgan fingerprint density at radius 2 is 0.897 bits per heavy atom. The van der Waals surface area contributed by atoms with Crippen LogP contribution in [0.1, 0.15) is 214 Å². The molecule has 0 unspecified atom stereocenters. The molecule has 0 aromatic rings. The van der Waals surface area contributed by atoms with Gasteiger partial charge in [0.15, 0.2) is 6.04 Å². The van der Waals surface area contributed by atoms with Crippen molar-refractivity contribution in [3.05, 3.63) is 0 Å². The van der Waals surface area contributed by atoms with Crippen LogP contribution in [0.3, 0.4) is 0 Å². The van der Waals surface area contributed by atoms with Gasteiger partial charge >= 0.3 is 23.9 Å². The quantitative estimate of drug-likeness (QED) is 0.0236. The van der Waals surface area contributed by atoms with Gasteiger partial charge in [-0.2, -0.15) is 0 Å². The summed E-state index contributed by atoms with van der Waals surface area (Å²) in [7, 11) is 0. The normalized spacial score (nSPS) is 16.7. The van der Waals surface area contributed by atoms with Crippen molar-refractivity contribution in [1.29, 1.82) is 0 Å². The number of esters is 2. The zero-order chi connectivity index (χ0) is 42.7. The summed E-state index contributed by atoms with van der Waals surface area (Å²) < 4.78 is 11.2.